The van der Waals surface area contributed by atoms with Gasteiger partial charge in [0.25, 0.3) is 0 Å². The Morgan fingerprint density at radius 1 is 1.15 bits per heavy atom. The molecule has 0 unspecified atom stereocenters. The third kappa shape index (κ3) is 6.70. The van der Waals surface area contributed by atoms with Crippen LogP contribution in [0.5, 0.6) is 0 Å². The lowest BCUT2D eigenvalue weighted by Gasteiger charge is -2.32. The number of carbonyl (C=O) groups excluding carboxylic acids is 1. The van der Waals surface area contributed by atoms with E-state index in [1.807, 2.05) is 4.90 Å². The fourth-order valence-electron chi connectivity index (χ4n) is 3.06. The number of nitrogens with zero attached hydrogens (tertiary/aromatic N) is 1. The topological polar surface area (TPSA) is 72.9 Å². The highest BCUT2D eigenvalue weighted by molar-refractivity contribution is 7.91. The highest BCUT2D eigenvalue weighted by Crippen LogP contribution is 2.19. The predicted molar refractivity (Wildman–Crippen MR) is 99.7 cm³/mol. The number of likely N-dealkylation sites (tertiary alicyclic amines) is 1. The number of hydrogen-bond acceptors (Lipinski definition) is 5. The molecule has 6 nitrogen and oxygen atoms in total. The molecule has 1 aromatic carbocycles. The summed E-state index contributed by atoms with van der Waals surface area (Å²) in [5.41, 5.74) is 0. The van der Waals surface area contributed by atoms with Crippen LogP contribution in [-0.4, -0.2) is 65.0 Å². The van der Waals surface area contributed by atoms with E-state index >= 15 is 0 Å². The van der Waals surface area contributed by atoms with E-state index in [0.717, 1.165) is 25.9 Å². The molecule has 0 aromatic heterocycles. The van der Waals surface area contributed by atoms with Crippen molar-refractivity contribution in [3.63, 3.8) is 0 Å². The van der Waals surface area contributed by atoms with E-state index in [9.17, 15) is 13.2 Å². The van der Waals surface area contributed by atoms with Crippen LogP contribution in [0.4, 0.5) is 0 Å². The van der Waals surface area contributed by atoms with Crippen molar-refractivity contribution in [2.75, 3.05) is 45.8 Å². The minimum atomic E-state index is -3.31. The molecule has 0 saturated carbocycles. The first kappa shape index (κ1) is 20.9. The van der Waals surface area contributed by atoms with E-state index in [-0.39, 0.29) is 18.1 Å². The number of ether oxygens (including phenoxy) is 2. The molecule has 26 heavy (non-hydrogen) atoms. The van der Waals surface area contributed by atoms with Crippen molar-refractivity contribution in [1.82, 2.24) is 4.90 Å². The zero-order chi connectivity index (χ0) is 18.8. The molecule has 146 valence electrons. The summed E-state index contributed by atoms with van der Waals surface area (Å²) >= 11 is 0. The summed E-state index contributed by atoms with van der Waals surface area (Å²) in [5, 5.41) is 0. The molecule has 1 heterocycles. The largest absolute Gasteiger partial charge is 0.382 e. The number of carbonyl (C=O) groups is 1. The quantitative estimate of drug-likeness (QED) is 0.579. The SMILES string of the molecule is COCCOCC1CCN(C(=O)CCCS(=O)(=O)c2ccccc2)CC1. The number of amides is 1. The number of hydrogen-bond donors (Lipinski definition) is 0. The van der Waals surface area contributed by atoms with Gasteiger partial charge in [0, 0.05) is 33.2 Å². The molecule has 1 aromatic rings. The summed E-state index contributed by atoms with van der Waals surface area (Å²) in [6.45, 7) is 3.36. The molecule has 1 aliphatic rings. The second-order valence-corrected chi connectivity index (χ2v) is 8.74. The Hall–Kier alpha value is -1.44. The molecule has 0 bridgehead atoms. The van der Waals surface area contributed by atoms with Crippen molar-refractivity contribution in [2.45, 2.75) is 30.6 Å². The lowest BCUT2D eigenvalue weighted by atomic mass is 9.97. The first-order chi connectivity index (χ1) is 12.5. The second kappa shape index (κ2) is 10.6. The number of benzene rings is 1. The first-order valence-electron chi connectivity index (χ1n) is 9.15. The Balaban J connectivity index is 1.66. The fraction of sp³-hybridized carbons (Fsp3) is 0.632. The van der Waals surface area contributed by atoms with Gasteiger partial charge in [-0.1, -0.05) is 18.2 Å². The standard InChI is InChI=1S/C19H29NO5S/c1-24-13-14-25-16-17-9-11-20(12-10-17)19(21)8-5-15-26(22,23)18-6-3-2-4-7-18/h2-4,6-7,17H,5,8-16H2,1H3. The first-order valence-corrected chi connectivity index (χ1v) is 10.8. The van der Waals surface area contributed by atoms with Crippen LogP contribution in [0, 0.1) is 5.92 Å². The fourth-order valence-corrected chi connectivity index (χ4v) is 4.39. The van der Waals surface area contributed by atoms with Gasteiger partial charge in [-0.25, -0.2) is 8.42 Å². The molecule has 1 amide bonds. The molecule has 2 rings (SSSR count). The summed E-state index contributed by atoms with van der Waals surface area (Å²) in [6, 6.07) is 8.39. The van der Waals surface area contributed by atoms with Gasteiger partial charge in [0.2, 0.25) is 5.91 Å². The van der Waals surface area contributed by atoms with Crippen LogP contribution < -0.4 is 0 Å². The molecule has 1 saturated heterocycles. The van der Waals surface area contributed by atoms with E-state index in [4.69, 9.17) is 9.47 Å². The van der Waals surface area contributed by atoms with Crippen molar-refractivity contribution in [3.8, 4) is 0 Å². The Bertz CT molecular complexity index is 639. The van der Waals surface area contributed by atoms with Crippen LogP contribution in [0.2, 0.25) is 0 Å². The third-order valence-electron chi connectivity index (χ3n) is 4.66. The maximum atomic E-state index is 12.3. The van der Waals surface area contributed by atoms with Crippen molar-refractivity contribution in [3.05, 3.63) is 30.3 Å². The van der Waals surface area contributed by atoms with Crippen LogP contribution >= 0.6 is 0 Å². The van der Waals surface area contributed by atoms with Gasteiger partial charge >= 0.3 is 0 Å². The maximum Gasteiger partial charge on any atom is 0.222 e. The highest BCUT2D eigenvalue weighted by Gasteiger charge is 2.23. The summed E-state index contributed by atoms with van der Waals surface area (Å²) in [7, 11) is -1.66. The Labute approximate surface area is 156 Å². The third-order valence-corrected chi connectivity index (χ3v) is 6.48. The Morgan fingerprint density at radius 3 is 2.50 bits per heavy atom. The molecule has 0 atom stereocenters. The average Bonchev–Trinajstić information content (AvgIpc) is 2.66. The normalized spacial score (nSPS) is 16.0. The van der Waals surface area contributed by atoms with E-state index < -0.39 is 9.84 Å². The van der Waals surface area contributed by atoms with E-state index in [2.05, 4.69) is 0 Å². The molecular weight excluding hydrogens is 354 g/mol. The monoisotopic (exact) mass is 383 g/mol. The lowest BCUT2D eigenvalue weighted by molar-refractivity contribution is -0.132. The van der Waals surface area contributed by atoms with E-state index in [0.29, 0.717) is 37.1 Å². The lowest BCUT2D eigenvalue weighted by Crippen LogP contribution is -2.39. The molecule has 7 heteroatoms. The van der Waals surface area contributed by atoms with Gasteiger partial charge in [0.1, 0.15) is 0 Å². The van der Waals surface area contributed by atoms with Gasteiger partial charge in [-0.3, -0.25) is 4.79 Å². The number of sulfone groups is 1. The minimum absolute atomic E-state index is 0.00651. The highest BCUT2D eigenvalue weighted by atomic mass is 32.2. The van der Waals surface area contributed by atoms with Crippen molar-refractivity contribution >= 4 is 15.7 Å². The molecule has 0 aliphatic carbocycles. The van der Waals surface area contributed by atoms with Crippen LogP contribution in [0.25, 0.3) is 0 Å². The maximum absolute atomic E-state index is 12.3. The average molecular weight is 384 g/mol. The van der Waals surface area contributed by atoms with Crippen LogP contribution in [-0.2, 0) is 24.1 Å². The van der Waals surface area contributed by atoms with Gasteiger partial charge in [-0.15, -0.1) is 0 Å². The van der Waals surface area contributed by atoms with Gasteiger partial charge < -0.3 is 14.4 Å². The van der Waals surface area contributed by atoms with Gasteiger partial charge in [0.05, 0.1) is 23.9 Å². The Kier molecular flexibility index (Phi) is 8.54. The van der Waals surface area contributed by atoms with Crippen molar-refractivity contribution in [1.29, 1.82) is 0 Å². The zero-order valence-electron chi connectivity index (χ0n) is 15.4. The van der Waals surface area contributed by atoms with Gasteiger partial charge in [0.15, 0.2) is 9.84 Å². The van der Waals surface area contributed by atoms with Gasteiger partial charge in [-0.05, 0) is 37.3 Å². The summed E-state index contributed by atoms with van der Waals surface area (Å²) < 4.78 is 35.0. The Morgan fingerprint density at radius 2 is 1.85 bits per heavy atom. The number of methoxy groups -OCH3 is 1. The zero-order valence-corrected chi connectivity index (χ0v) is 16.2. The summed E-state index contributed by atoms with van der Waals surface area (Å²) in [6.07, 6.45) is 2.50. The summed E-state index contributed by atoms with van der Waals surface area (Å²) in [5.74, 6) is 0.536. The van der Waals surface area contributed by atoms with Gasteiger partial charge in [-0.2, -0.15) is 0 Å². The molecule has 1 aliphatic heterocycles. The van der Waals surface area contributed by atoms with Crippen molar-refractivity contribution in [2.24, 2.45) is 5.92 Å². The molecule has 0 N–H and O–H groups in total. The van der Waals surface area contributed by atoms with E-state index in [1.165, 1.54) is 0 Å². The molecule has 1 fully saturated rings. The van der Waals surface area contributed by atoms with Crippen LogP contribution in [0.3, 0.4) is 0 Å². The van der Waals surface area contributed by atoms with Crippen molar-refractivity contribution < 1.29 is 22.7 Å². The molecule has 0 spiro atoms. The molecular formula is C19H29NO5S. The predicted octanol–water partition coefficient (Wildman–Crippen LogP) is 2.14. The molecule has 0 radical (unpaired) electrons. The van der Waals surface area contributed by atoms with E-state index in [1.54, 1.807) is 37.4 Å². The van der Waals surface area contributed by atoms with Crippen LogP contribution in [0.1, 0.15) is 25.7 Å². The number of rotatable bonds is 10. The number of piperidine rings is 1. The minimum Gasteiger partial charge on any atom is -0.382 e. The summed E-state index contributed by atoms with van der Waals surface area (Å²) in [4.78, 5) is 14.5. The smallest absolute Gasteiger partial charge is 0.222 e. The second-order valence-electron chi connectivity index (χ2n) is 6.63. The van der Waals surface area contributed by atoms with Crippen LogP contribution in [0.15, 0.2) is 35.2 Å².